The molecule has 1 heterocycles. The van der Waals surface area contributed by atoms with Crippen molar-refractivity contribution < 1.29 is 0 Å². The molecule has 0 aliphatic heterocycles. The first-order chi connectivity index (χ1) is 9.56. The van der Waals surface area contributed by atoms with Crippen LogP contribution in [-0.2, 0) is 0 Å². The molecule has 0 aliphatic carbocycles. The minimum absolute atomic E-state index is 0.152. The van der Waals surface area contributed by atoms with Gasteiger partial charge in [-0.3, -0.25) is 4.79 Å². The second-order valence-corrected chi connectivity index (χ2v) is 5.25. The van der Waals surface area contributed by atoms with E-state index in [2.05, 4.69) is 9.97 Å². The van der Waals surface area contributed by atoms with Crippen LogP contribution in [0, 0.1) is 13.8 Å². The molecule has 0 aliphatic rings. The van der Waals surface area contributed by atoms with Crippen LogP contribution in [0.15, 0.2) is 41.2 Å². The highest BCUT2D eigenvalue weighted by atomic mass is 35.5. The summed E-state index contributed by atoms with van der Waals surface area (Å²) in [6, 6.07) is 11.2. The van der Waals surface area contributed by atoms with Crippen molar-refractivity contribution in [3.8, 4) is 11.4 Å². The van der Waals surface area contributed by atoms with E-state index in [0.717, 1.165) is 16.7 Å². The molecule has 20 heavy (non-hydrogen) atoms. The van der Waals surface area contributed by atoms with Gasteiger partial charge in [-0.25, -0.2) is 4.98 Å². The van der Waals surface area contributed by atoms with Crippen LogP contribution in [0.5, 0.6) is 0 Å². The summed E-state index contributed by atoms with van der Waals surface area (Å²) in [6.07, 6.45) is 0. The summed E-state index contributed by atoms with van der Waals surface area (Å²) in [7, 11) is 0. The number of nitrogens with zero attached hydrogens (tertiary/aromatic N) is 1. The number of halogens is 1. The van der Waals surface area contributed by atoms with Crippen molar-refractivity contribution in [2.45, 2.75) is 13.8 Å². The number of fused-ring (bicyclic) bond motifs is 1. The van der Waals surface area contributed by atoms with E-state index in [9.17, 15) is 4.79 Å². The van der Waals surface area contributed by atoms with E-state index in [-0.39, 0.29) is 5.56 Å². The topological polar surface area (TPSA) is 45.8 Å². The van der Waals surface area contributed by atoms with Crippen LogP contribution in [0.3, 0.4) is 0 Å². The number of rotatable bonds is 1. The van der Waals surface area contributed by atoms with Crippen LogP contribution in [0.25, 0.3) is 22.3 Å². The number of aromatic amines is 1. The van der Waals surface area contributed by atoms with Gasteiger partial charge in [-0.05, 0) is 37.6 Å². The van der Waals surface area contributed by atoms with Gasteiger partial charge in [0.05, 0.1) is 15.9 Å². The van der Waals surface area contributed by atoms with E-state index >= 15 is 0 Å². The molecular formula is C16H13ClN2O. The number of hydrogen-bond donors (Lipinski definition) is 1. The lowest BCUT2D eigenvalue weighted by Gasteiger charge is -2.09. The first-order valence-electron chi connectivity index (χ1n) is 6.32. The Kier molecular flexibility index (Phi) is 3.07. The fraction of sp³-hybridized carbons (Fsp3) is 0.125. The Morgan fingerprint density at radius 3 is 2.70 bits per heavy atom. The zero-order chi connectivity index (χ0) is 14.3. The molecule has 3 aromatic rings. The Bertz CT molecular complexity index is 868. The fourth-order valence-corrected chi connectivity index (χ4v) is 2.53. The van der Waals surface area contributed by atoms with Gasteiger partial charge < -0.3 is 4.98 Å². The third-order valence-electron chi connectivity index (χ3n) is 3.27. The Balaban J connectivity index is 2.33. The molecule has 1 N–H and O–H groups in total. The molecule has 0 bridgehead atoms. The predicted molar refractivity (Wildman–Crippen MR) is 82.3 cm³/mol. The second kappa shape index (κ2) is 4.76. The Hall–Kier alpha value is -2.13. The monoisotopic (exact) mass is 284 g/mol. The molecule has 0 amide bonds. The Labute approximate surface area is 121 Å². The molecule has 1 aromatic heterocycles. The van der Waals surface area contributed by atoms with Crippen molar-refractivity contribution in [2.24, 2.45) is 0 Å². The molecule has 0 spiro atoms. The smallest absolute Gasteiger partial charge is 0.259 e. The van der Waals surface area contributed by atoms with Crippen LogP contribution in [0.4, 0.5) is 0 Å². The van der Waals surface area contributed by atoms with Crippen molar-refractivity contribution in [1.29, 1.82) is 0 Å². The molecule has 0 saturated carbocycles. The van der Waals surface area contributed by atoms with Crippen molar-refractivity contribution in [3.05, 3.63) is 62.9 Å². The van der Waals surface area contributed by atoms with Crippen LogP contribution in [0.1, 0.15) is 11.1 Å². The molecule has 0 fully saturated rings. The van der Waals surface area contributed by atoms with E-state index in [4.69, 9.17) is 11.6 Å². The maximum atomic E-state index is 12.1. The van der Waals surface area contributed by atoms with Gasteiger partial charge in [-0.2, -0.15) is 0 Å². The summed E-state index contributed by atoms with van der Waals surface area (Å²) in [5.74, 6) is 0.505. The number of aromatic nitrogens is 2. The number of nitrogens with one attached hydrogen (secondary N) is 1. The van der Waals surface area contributed by atoms with Crippen molar-refractivity contribution in [2.75, 3.05) is 0 Å². The van der Waals surface area contributed by atoms with Crippen molar-refractivity contribution in [1.82, 2.24) is 9.97 Å². The molecule has 0 radical (unpaired) electrons. The summed E-state index contributed by atoms with van der Waals surface area (Å²) in [5.41, 5.74) is 3.32. The van der Waals surface area contributed by atoms with Gasteiger partial charge in [-0.1, -0.05) is 35.4 Å². The predicted octanol–water partition coefficient (Wildman–Crippen LogP) is 3.86. The molecular weight excluding hydrogens is 272 g/mol. The van der Waals surface area contributed by atoms with E-state index < -0.39 is 0 Å². The summed E-state index contributed by atoms with van der Waals surface area (Å²) < 4.78 is 0. The lowest BCUT2D eigenvalue weighted by Crippen LogP contribution is -2.09. The maximum absolute atomic E-state index is 12.1. The van der Waals surface area contributed by atoms with E-state index in [1.807, 2.05) is 44.2 Å². The van der Waals surface area contributed by atoms with Gasteiger partial charge in [0.1, 0.15) is 5.82 Å². The molecule has 3 rings (SSSR count). The van der Waals surface area contributed by atoms with Crippen LogP contribution in [-0.4, -0.2) is 9.97 Å². The maximum Gasteiger partial charge on any atom is 0.259 e. The fourth-order valence-electron chi connectivity index (χ4n) is 2.34. The molecule has 0 unspecified atom stereocenters. The second-order valence-electron chi connectivity index (χ2n) is 4.88. The zero-order valence-corrected chi connectivity index (χ0v) is 12.0. The summed E-state index contributed by atoms with van der Waals surface area (Å²) in [6.45, 7) is 3.93. The van der Waals surface area contributed by atoms with Crippen LogP contribution < -0.4 is 5.56 Å². The molecule has 0 saturated heterocycles. The number of para-hydroxylation sites is 1. The normalized spacial score (nSPS) is 10.9. The summed E-state index contributed by atoms with van der Waals surface area (Å²) in [4.78, 5) is 19.4. The first kappa shape index (κ1) is 12.9. The number of H-pyrrole nitrogens is 1. The SMILES string of the molecule is Cc1cc(C)c(Cl)c(-c2nc3ccccc3c(=O)[nH]2)c1. The molecule has 4 heteroatoms. The lowest BCUT2D eigenvalue weighted by molar-refractivity contribution is 1.17. The molecule has 2 aromatic carbocycles. The van der Waals surface area contributed by atoms with Gasteiger partial charge in [0.2, 0.25) is 0 Å². The quantitative estimate of drug-likeness (QED) is 0.737. The largest absolute Gasteiger partial charge is 0.306 e. The number of hydrogen-bond acceptors (Lipinski definition) is 2. The van der Waals surface area contributed by atoms with Gasteiger partial charge in [0.25, 0.3) is 5.56 Å². The Morgan fingerprint density at radius 1 is 1.15 bits per heavy atom. The van der Waals surface area contributed by atoms with E-state index in [1.165, 1.54) is 0 Å². The number of aryl methyl sites for hydroxylation is 2. The van der Waals surface area contributed by atoms with Crippen molar-refractivity contribution >= 4 is 22.5 Å². The number of benzene rings is 2. The summed E-state index contributed by atoms with van der Waals surface area (Å²) in [5, 5.41) is 1.20. The van der Waals surface area contributed by atoms with Gasteiger partial charge in [0.15, 0.2) is 0 Å². The Morgan fingerprint density at radius 2 is 1.90 bits per heavy atom. The third kappa shape index (κ3) is 2.10. The first-order valence-corrected chi connectivity index (χ1v) is 6.70. The highest BCUT2D eigenvalue weighted by Gasteiger charge is 2.11. The highest BCUT2D eigenvalue weighted by Crippen LogP contribution is 2.29. The molecule has 100 valence electrons. The van der Waals surface area contributed by atoms with E-state index in [1.54, 1.807) is 6.07 Å². The standard InChI is InChI=1S/C16H13ClN2O/c1-9-7-10(2)14(17)12(8-9)15-18-13-6-4-3-5-11(13)16(20)19-15/h3-8H,1-2H3,(H,18,19,20). The van der Waals surface area contributed by atoms with Crippen molar-refractivity contribution in [3.63, 3.8) is 0 Å². The summed E-state index contributed by atoms with van der Waals surface area (Å²) >= 11 is 6.34. The van der Waals surface area contributed by atoms with Crippen LogP contribution in [0.2, 0.25) is 5.02 Å². The highest BCUT2D eigenvalue weighted by molar-refractivity contribution is 6.34. The minimum atomic E-state index is -0.152. The lowest BCUT2D eigenvalue weighted by atomic mass is 10.1. The van der Waals surface area contributed by atoms with E-state index in [0.29, 0.717) is 21.7 Å². The average Bonchev–Trinajstić information content (AvgIpc) is 2.43. The van der Waals surface area contributed by atoms with Gasteiger partial charge >= 0.3 is 0 Å². The van der Waals surface area contributed by atoms with Gasteiger partial charge in [-0.15, -0.1) is 0 Å². The minimum Gasteiger partial charge on any atom is -0.306 e. The van der Waals surface area contributed by atoms with Crippen LogP contribution >= 0.6 is 11.6 Å². The zero-order valence-electron chi connectivity index (χ0n) is 11.2. The average molecular weight is 285 g/mol. The third-order valence-corrected chi connectivity index (χ3v) is 3.77. The molecule has 0 atom stereocenters. The van der Waals surface area contributed by atoms with Gasteiger partial charge in [0, 0.05) is 5.56 Å². The molecule has 3 nitrogen and oxygen atoms in total.